The third kappa shape index (κ3) is 4.31. The van der Waals surface area contributed by atoms with Gasteiger partial charge in [-0.15, -0.1) is 0 Å². The van der Waals surface area contributed by atoms with Crippen molar-refractivity contribution in [2.24, 2.45) is 0 Å². The molecule has 0 unspecified atom stereocenters. The van der Waals surface area contributed by atoms with Gasteiger partial charge in [0.15, 0.2) is 9.84 Å². The Bertz CT molecular complexity index is 694. The van der Waals surface area contributed by atoms with Crippen molar-refractivity contribution in [1.29, 1.82) is 0 Å². The molecular weight excluding hydrogens is 286 g/mol. The number of methoxy groups -OCH3 is 1. The maximum atomic E-state index is 11.4. The summed E-state index contributed by atoms with van der Waals surface area (Å²) in [4.78, 5) is 0.343. The lowest BCUT2D eigenvalue weighted by Crippen LogP contribution is -2.13. The number of hydrogen-bond donors (Lipinski definition) is 1. The minimum atomic E-state index is -3.13. The van der Waals surface area contributed by atoms with Gasteiger partial charge in [-0.3, -0.25) is 0 Å². The van der Waals surface area contributed by atoms with Crippen LogP contribution >= 0.6 is 0 Å². The van der Waals surface area contributed by atoms with Crippen LogP contribution in [0.1, 0.15) is 11.1 Å². The molecule has 0 saturated heterocycles. The highest BCUT2D eigenvalue weighted by Crippen LogP contribution is 2.17. The standard InChI is InChI=1S/C16H19NO3S/c1-20-16-6-4-3-5-14(16)12-17-11-13-7-9-15(10-8-13)21(2,18)19/h3-10,17H,11-12H2,1-2H3. The highest BCUT2D eigenvalue weighted by Gasteiger charge is 2.06. The molecule has 4 nitrogen and oxygen atoms in total. The third-order valence-corrected chi connectivity index (χ3v) is 4.32. The average Bonchev–Trinajstić information content (AvgIpc) is 2.47. The van der Waals surface area contributed by atoms with Crippen molar-refractivity contribution in [3.8, 4) is 5.75 Å². The second kappa shape index (κ2) is 6.74. The Morgan fingerprint density at radius 1 is 1.00 bits per heavy atom. The average molecular weight is 305 g/mol. The quantitative estimate of drug-likeness (QED) is 0.890. The normalized spacial score (nSPS) is 11.3. The van der Waals surface area contributed by atoms with Gasteiger partial charge >= 0.3 is 0 Å². The lowest BCUT2D eigenvalue weighted by atomic mass is 10.2. The lowest BCUT2D eigenvalue weighted by molar-refractivity contribution is 0.407. The predicted molar refractivity (Wildman–Crippen MR) is 83.1 cm³/mol. The molecule has 0 aliphatic rings. The van der Waals surface area contributed by atoms with Gasteiger partial charge < -0.3 is 10.1 Å². The number of benzene rings is 2. The van der Waals surface area contributed by atoms with Crippen molar-refractivity contribution in [2.75, 3.05) is 13.4 Å². The zero-order valence-corrected chi connectivity index (χ0v) is 13.0. The first kappa shape index (κ1) is 15.5. The molecule has 0 spiro atoms. The van der Waals surface area contributed by atoms with Gasteiger partial charge in [0.05, 0.1) is 12.0 Å². The molecule has 0 radical (unpaired) electrons. The second-order valence-corrected chi connectivity index (χ2v) is 6.85. The molecule has 0 aliphatic heterocycles. The second-order valence-electron chi connectivity index (χ2n) is 4.83. The molecule has 0 atom stereocenters. The van der Waals surface area contributed by atoms with Gasteiger partial charge in [0.25, 0.3) is 0 Å². The maximum absolute atomic E-state index is 11.4. The van der Waals surface area contributed by atoms with Crippen molar-refractivity contribution < 1.29 is 13.2 Å². The van der Waals surface area contributed by atoms with E-state index in [4.69, 9.17) is 4.74 Å². The highest BCUT2D eigenvalue weighted by molar-refractivity contribution is 7.90. The van der Waals surface area contributed by atoms with E-state index < -0.39 is 9.84 Å². The van der Waals surface area contributed by atoms with E-state index in [2.05, 4.69) is 5.32 Å². The molecule has 0 saturated carbocycles. The monoisotopic (exact) mass is 305 g/mol. The Balaban J connectivity index is 1.95. The van der Waals surface area contributed by atoms with Crippen LogP contribution in [0.5, 0.6) is 5.75 Å². The van der Waals surface area contributed by atoms with Crippen LogP contribution in [0.3, 0.4) is 0 Å². The van der Waals surface area contributed by atoms with Gasteiger partial charge in [-0.1, -0.05) is 30.3 Å². The van der Waals surface area contributed by atoms with E-state index in [1.807, 2.05) is 36.4 Å². The van der Waals surface area contributed by atoms with Gasteiger partial charge in [0, 0.05) is 24.9 Å². The Morgan fingerprint density at radius 3 is 2.29 bits per heavy atom. The van der Waals surface area contributed by atoms with Crippen molar-refractivity contribution >= 4 is 9.84 Å². The van der Waals surface area contributed by atoms with E-state index in [9.17, 15) is 8.42 Å². The van der Waals surface area contributed by atoms with Gasteiger partial charge in [-0.05, 0) is 23.8 Å². The maximum Gasteiger partial charge on any atom is 0.175 e. The Kier molecular flexibility index (Phi) is 4.98. The Labute approximate surface area is 125 Å². The molecule has 0 fully saturated rings. The molecule has 0 heterocycles. The lowest BCUT2D eigenvalue weighted by Gasteiger charge is -2.09. The zero-order valence-electron chi connectivity index (χ0n) is 12.2. The van der Waals surface area contributed by atoms with Crippen molar-refractivity contribution in [2.45, 2.75) is 18.0 Å². The van der Waals surface area contributed by atoms with E-state index in [1.54, 1.807) is 19.2 Å². The topological polar surface area (TPSA) is 55.4 Å². The molecule has 0 bridgehead atoms. The number of sulfone groups is 1. The highest BCUT2D eigenvalue weighted by atomic mass is 32.2. The van der Waals surface area contributed by atoms with Crippen LogP contribution in [0, 0.1) is 0 Å². The molecule has 0 amide bonds. The van der Waals surface area contributed by atoms with Crippen molar-refractivity contribution in [3.05, 3.63) is 59.7 Å². The molecule has 2 aromatic carbocycles. The molecule has 0 aromatic heterocycles. The molecule has 21 heavy (non-hydrogen) atoms. The van der Waals surface area contributed by atoms with Gasteiger partial charge in [-0.2, -0.15) is 0 Å². The van der Waals surface area contributed by atoms with Gasteiger partial charge in [0.1, 0.15) is 5.75 Å². The number of hydrogen-bond acceptors (Lipinski definition) is 4. The fourth-order valence-electron chi connectivity index (χ4n) is 2.05. The molecule has 5 heteroatoms. The summed E-state index contributed by atoms with van der Waals surface area (Å²) < 4.78 is 28.1. The molecule has 2 aromatic rings. The van der Waals surface area contributed by atoms with E-state index >= 15 is 0 Å². The summed E-state index contributed by atoms with van der Waals surface area (Å²) in [6.45, 7) is 1.36. The Hall–Kier alpha value is -1.85. The van der Waals surface area contributed by atoms with Crippen LogP contribution in [0.15, 0.2) is 53.4 Å². The summed E-state index contributed by atoms with van der Waals surface area (Å²) >= 11 is 0. The number of rotatable bonds is 6. The first-order valence-corrected chi connectivity index (χ1v) is 8.51. The number of para-hydroxylation sites is 1. The summed E-state index contributed by atoms with van der Waals surface area (Å²) in [5.74, 6) is 0.859. The summed E-state index contributed by atoms with van der Waals surface area (Å²) in [6.07, 6.45) is 1.21. The van der Waals surface area contributed by atoms with Crippen LogP contribution in [-0.4, -0.2) is 21.8 Å². The molecule has 112 valence electrons. The van der Waals surface area contributed by atoms with Crippen molar-refractivity contribution in [1.82, 2.24) is 5.32 Å². The number of ether oxygens (including phenoxy) is 1. The minimum absolute atomic E-state index is 0.343. The first-order valence-electron chi connectivity index (χ1n) is 6.62. The van der Waals surface area contributed by atoms with Crippen LogP contribution in [-0.2, 0) is 22.9 Å². The smallest absolute Gasteiger partial charge is 0.175 e. The zero-order chi connectivity index (χ0) is 15.3. The largest absolute Gasteiger partial charge is 0.496 e. The molecular formula is C16H19NO3S. The number of nitrogens with one attached hydrogen (secondary N) is 1. The summed E-state index contributed by atoms with van der Waals surface area (Å²) in [5.41, 5.74) is 2.13. The van der Waals surface area contributed by atoms with Crippen LogP contribution in [0.2, 0.25) is 0 Å². The van der Waals surface area contributed by atoms with Gasteiger partial charge in [-0.25, -0.2) is 8.42 Å². The van der Waals surface area contributed by atoms with E-state index in [1.165, 1.54) is 6.26 Å². The third-order valence-electron chi connectivity index (χ3n) is 3.19. The van der Waals surface area contributed by atoms with Crippen LogP contribution in [0.25, 0.3) is 0 Å². The van der Waals surface area contributed by atoms with E-state index in [-0.39, 0.29) is 0 Å². The molecule has 1 N–H and O–H groups in total. The first-order chi connectivity index (χ1) is 10.0. The fourth-order valence-corrected chi connectivity index (χ4v) is 2.68. The summed E-state index contributed by atoms with van der Waals surface area (Å²) in [6, 6.07) is 14.8. The molecule has 0 aliphatic carbocycles. The summed E-state index contributed by atoms with van der Waals surface area (Å²) in [7, 11) is -1.47. The Morgan fingerprint density at radius 2 is 1.67 bits per heavy atom. The van der Waals surface area contributed by atoms with Crippen LogP contribution < -0.4 is 10.1 Å². The molecule has 2 rings (SSSR count). The van der Waals surface area contributed by atoms with Crippen molar-refractivity contribution in [3.63, 3.8) is 0 Å². The van der Waals surface area contributed by atoms with E-state index in [0.717, 1.165) is 16.9 Å². The van der Waals surface area contributed by atoms with Gasteiger partial charge in [0.2, 0.25) is 0 Å². The summed E-state index contributed by atoms with van der Waals surface area (Å²) in [5, 5.41) is 3.32. The predicted octanol–water partition coefficient (Wildman–Crippen LogP) is 2.39. The fraction of sp³-hybridized carbons (Fsp3) is 0.250. The van der Waals surface area contributed by atoms with E-state index in [0.29, 0.717) is 18.0 Å². The van der Waals surface area contributed by atoms with Crippen LogP contribution in [0.4, 0.5) is 0 Å². The SMILES string of the molecule is COc1ccccc1CNCc1ccc(S(C)(=O)=O)cc1. The minimum Gasteiger partial charge on any atom is -0.496 e.